The van der Waals surface area contributed by atoms with Gasteiger partial charge in [0.1, 0.15) is 5.75 Å². The summed E-state index contributed by atoms with van der Waals surface area (Å²) in [4.78, 5) is 12.6. The van der Waals surface area contributed by atoms with Gasteiger partial charge in [0.05, 0.1) is 35.3 Å². The van der Waals surface area contributed by atoms with Gasteiger partial charge in [-0.15, -0.1) is 0 Å². The second-order valence-electron chi connectivity index (χ2n) is 4.28. The van der Waals surface area contributed by atoms with Crippen molar-refractivity contribution in [2.24, 2.45) is 0 Å². The Balaban J connectivity index is 2.11. The third-order valence-electron chi connectivity index (χ3n) is 2.90. The molecular weight excluding hydrogens is 286 g/mol. The molecule has 0 N–H and O–H groups in total. The lowest BCUT2D eigenvalue weighted by atomic mass is 10.1. The molecule has 1 unspecified atom stereocenters. The van der Waals surface area contributed by atoms with Gasteiger partial charge in [-0.3, -0.25) is 9.00 Å². The summed E-state index contributed by atoms with van der Waals surface area (Å²) >= 11 is 0. The second-order valence-corrected chi connectivity index (χ2v) is 5.73. The maximum Gasteiger partial charge on any atom is 0.175 e. The fourth-order valence-electron chi connectivity index (χ4n) is 1.76. The van der Waals surface area contributed by atoms with Crippen LogP contribution in [-0.4, -0.2) is 22.9 Å². The summed E-state index contributed by atoms with van der Waals surface area (Å²) in [5.74, 6) is 0.284. The summed E-state index contributed by atoms with van der Waals surface area (Å²) in [5.41, 5.74) is 0.936. The van der Waals surface area contributed by atoms with Gasteiger partial charge in [-0.05, 0) is 30.3 Å². The largest absolute Gasteiger partial charge is 0.497 e. The van der Waals surface area contributed by atoms with Crippen LogP contribution in [-0.2, 0) is 10.8 Å². The van der Waals surface area contributed by atoms with Gasteiger partial charge < -0.3 is 4.74 Å². The van der Waals surface area contributed by atoms with Crippen molar-refractivity contribution in [3.63, 3.8) is 0 Å². The molecule has 2 rings (SSSR count). The van der Waals surface area contributed by atoms with Crippen molar-refractivity contribution >= 4 is 16.6 Å². The van der Waals surface area contributed by atoms with Crippen LogP contribution in [0.5, 0.6) is 5.75 Å². The van der Waals surface area contributed by atoms with Gasteiger partial charge in [0.25, 0.3) is 0 Å². The van der Waals surface area contributed by atoms with E-state index in [2.05, 4.69) is 0 Å². The number of nitrogens with zero attached hydrogens (tertiary/aromatic N) is 1. The van der Waals surface area contributed by atoms with Crippen molar-refractivity contribution in [1.82, 2.24) is 0 Å². The zero-order valence-corrected chi connectivity index (χ0v) is 12.2. The summed E-state index contributed by atoms with van der Waals surface area (Å²) in [6.45, 7) is 0. The highest BCUT2D eigenvalue weighted by Gasteiger charge is 2.13. The Bertz CT molecular complexity index is 717. The third kappa shape index (κ3) is 3.77. The van der Waals surface area contributed by atoms with E-state index in [0.717, 1.165) is 0 Å². The minimum absolute atomic E-state index is 0.0981. The number of hydrogen-bond acceptors (Lipinski definition) is 4. The minimum atomic E-state index is -1.43. The van der Waals surface area contributed by atoms with Gasteiger partial charge in [0.2, 0.25) is 0 Å². The van der Waals surface area contributed by atoms with Crippen molar-refractivity contribution < 1.29 is 13.7 Å². The zero-order valence-electron chi connectivity index (χ0n) is 11.4. The van der Waals surface area contributed by atoms with Crippen molar-refractivity contribution in [3.05, 3.63) is 59.7 Å². The van der Waals surface area contributed by atoms with Crippen LogP contribution >= 0.6 is 0 Å². The molecule has 2 aromatic rings. The molecule has 5 heteroatoms. The molecule has 21 heavy (non-hydrogen) atoms. The van der Waals surface area contributed by atoms with E-state index in [9.17, 15) is 9.00 Å². The molecule has 0 amide bonds. The van der Waals surface area contributed by atoms with E-state index in [-0.39, 0.29) is 11.5 Å². The molecule has 0 spiro atoms. The first-order chi connectivity index (χ1) is 10.1. The smallest absolute Gasteiger partial charge is 0.175 e. The molecule has 1 atom stereocenters. The average molecular weight is 299 g/mol. The third-order valence-corrected chi connectivity index (χ3v) is 4.21. The minimum Gasteiger partial charge on any atom is -0.497 e. The van der Waals surface area contributed by atoms with Crippen LogP contribution < -0.4 is 4.74 Å². The molecule has 2 aromatic carbocycles. The summed E-state index contributed by atoms with van der Waals surface area (Å²) in [6.07, 6.45) is 0. The van der Waals surface area contributed by atoms with E-state index in [1.54, 1.807) is 48.5 Å². The number of carbonyl (C=O) groups excluding carboxylic acids is 1. The molecule has 0 heterocycles. The summed E-state index contributed by atoms with van der Waals surface area (Å²) in [6, 6.07) is 15.1. The number of carbonyl (C=O) groups is 1. The van der Waals surface area contributed by atoms with Crippen LogP contribution in [0.4, 0.5) is 0 Å². The van der Waals surface area contributed by atoms with Gasteiger partial charge >= 0.3 is 0 Å². The summed E-state index contributed by atoms with van der Waals surface area (Å²) < 4.78 is 17.3. The molecule has 4 nitrogen and oxygen atoms in total. The van der Waals surface area contributed by atoms with Crippen LogP contribution in [0.3, 0.4) is 0 Å². The van der Waals surface area contributed by atoms with Crippen molar-refractivity contribution in [1.29, 1.82) is 5.26 Å². The monoisotopic (exact) mass is 299 g/mol. The first-order valence-electron chi connectivity index (χ1n) is 6.20. The number of rotatable bonds is 5. The molecule has 0 fully saturated rings. The number of ether oxygens (including phenoxy) is 1. The van der Waals surface area contributed by atoms with Gasteiger partial charge in [-0.25, -0.2) is 0 Å². The molecule has 0 aromatic heterocycles. The zero-order chi connectivity index (χ0) is 15.2. The molecule has 0 aliphatic carbocycles. The van der Waals surface area contributed by atoms with Crippen LogP contribution in [0, 0.1) is 11.3 Å². The van der Waals surface area contributed by atoms with Gasteiger partial charge in [0, 0.05) is 10.5 Å². The number of Topliss-reactive ketones (excluding diaryl/α,β-unsaturated/α-hetero) is 1. The fraction of sp³-hybridized carbons (Fsp3) is 0.125. The second kappa shape index (κ2) is 6.82. The SMILES string of the molecule is COc1cccc(S(=O)CC(=O)c2ccc(C#N)cc2)c1. The predicted octanol–water partition coefficient (Wildman–Crippen LogP) is 2.56. The Labute approximate surface area is 125 Å². The van der Waals surface area contributed by atoms with Crippen molar-refractivity contribution in [2.45, 2.75) is 4.90 Å². The maximum atomic E-state index is 12.2. The van der Waals surface area contributed by atoms with E-state index < -0.39 is 10.8 Å². The molecule has 106 valence electrons. The Kier molecular flexibility index (Phi) is 4.85. The van der Waals surface area contributed by atoms with E-state index in [1.807, 2.05) is 6.07 Å². The maximum absolute atomic E-state index is 12.2. The quantitative estimate of drug-likeness (QED) is 0.796. The topological polar surface area (TPSA) is 67.2 Å². The first kappa shape index (κ1) is 14.9. The van der Waals surface area contributed by atoms with Crippen LogP contribution in [0.25, 0.3) is 0 Å². The normalized spacial score (nSPS) is 11.4. The molecule has 0 aliphatic heterocycles. The lowest BCUT2D eigenvalue weighted by molar-refractivity contribution is 0.102. The standard InChI is InChI=1S/C16H13NO3S/c1-20-14-3-2-4-15(9-14)21(19)11-16(18)13-7-5-12(10-17)6-8-13/h2-9H,11H2,1H3. The lowest BCUT2D eigenvalue weighted by Gasteiger charge is -2.05. The van der Waals surface area contributed by atoms with E-state index >= 15 is 0 Å². The summed E-state index contributed by atoms with van der Waals surface area (Å²) in [5, 5.41) is 8.72. The highest BCUT2D eigenvalue weighted by Crippen LogP contribution is 2.16. The number of methoxy groups -OCH3 is 1. The summed E-state index contributed by atoms with van der Waals surface area (Å²) in [7, 11) is 0.104. The van der Waals surface area contributed by atoms with E-state index in [4.69, 9.17) is 10.00 Å². The van der Waals surface area contributed by atoms with Crippen LogP contribution in [0.15, 0.2) is 53.4 Å². The Morgan fingerprint density at radius 2 is 1.95 bits per heavy atom. The molecular formula is C16H13NO3S. The number of nitriles is 1. The molecule has 0 aliphatic rings. The number of benzene rings is 2. The molecule has 0 radical (unpaired) electrons. The van der Waals surface area contributed by atoms with Crippen LogP contribution in [0.1, 0.15) is 15.9 Å². The van der Waals surface area contributed by atoms with Gasteiger partial charge in [-0.2, -0.15) is 5.26 Å². The van der Waals surface area contributed by atoms with E-state index in [1.165, 1.54) is 7.11 Å². The first-order valence-corrected chi connectivity index (χ1v) is 7.51. The molecule has 0 saturated carbocycles. The number of hydrogen-bond donors (Lipinski definition) is 0. The highest BCUT2D eigenvalue weighted by molar-refractivity contribution is 7.85. The molecule has 0 bridgehead atoms. The molecule has 0 saturated heterocycles. The Morgan fingerprint density at radius 1 is 1.24 bits per heavy atom. The Hall–Kier alpha value is -2.45. The predicted molar refractivity (Wildman–Crippen MR) is 79.8 cm³/mol. The lowest BCUT2D eigenvalue weighted by Crippen LogP contribution is -2.11. The fourth-order valence-corrected chi connectivity index (χ4v) is 2.81. The van der Waals surface area contributed by atoms with Gasteiger partial charge in [-0.1, -0.05) is 18.2 Å². The highest BCUT2D eigenvalue weighted by atomic mass is 32.2. The van der Waals surface area contributed by atoms with Crippen molar-refractivity contribution in [2.75, 3.05) is 12.9 Å². The van der Waals surface area contributed by atoms with Crippen LogP contribution in [0.2, 0.25) is 0 Å². The van der Waals surface area contributed by atoms with E-state index in [0.29, 0.717) is 21.8 Å². The van der Waals surface area contributed by atoms with Crippen molar-refractivity contribution in [3.8, 4) is 11.8 Å². The number of ketones is 1. The average Bonchev–Trinajstić information content (AvgIpc) is 2.54. The Morgan fingerprint density at radius 3 is 2.57 bits per heavy atom. The van der Waals surface area contributed by atoms with Gasteiger partial charge in [0.15, 0.2) is 5.78 Å².